The predicted molar refractivity (Wildman–Crippen MR) is 58.5 cm³/mol. The van der Waals surface area contributed by atoms with Gasteiger partial charge in [-0.3, -0.25) is 0 Å². The van der Waals surface area contributed by atoms with Crippen molar-refractivity contribution >= 4 is 28.9 Å². The lowest BCUT2D eigenvalue weighted by Gasteiger charge is -2.15. The number of alkyl halides is 2. The Morgan fingerprint density at radius 1 is 1.47 bits per heavy atom. The molecule has 3 nitrogen and oxygen atoms in total. The first-order valence-electron chi connectivity index (χ1n) is 4.70. The summed E-state index contributed by atoms with van der Waals surface area (Å²) in [6.07, 6.45) is 1.37. The SMILES string of the molecule is [O-][NH+](O)c1ccccc1C[C@H]1CC1(Cl)Cl. The van der Waals surface area contributed by atoms with E-state index in [1.54, 1.807) is 12.1 Å². The molecule has 1 aliphatic rings. The second-order valence-electron chi connectivity index (χ2n) is 3.83. The molecule has 2 rings (SSSR count). The number of para-hydroxylation sites is 1. The number of benzene rings is 1. The Hall–Kier alpha value is -0.320. The van der Waals surface area contributed by atoms with Gasteiger partial charge in [0.2, 0.25) is 0 Å². The second-order valence-corrected chi connectivity index (χ2v) is 5.37. The Bertz CT molecular complexity index is 368. The van der Waals surface area contributed by atoms with E-state index in [4.69, 9.17) is 28.4 Å². The molecule has 1 saturated carbocycles. The summed E-state index contributed by atoms with van der Waals surface area (Å²) in [5, 5.41) is 19.0. The molecule has 1 unspecified atom stereocenters. The van der Waals surface area contributed by atoms with Crippen molar-refractivity contribution in [2.75, 3.05) is 0 Å². The molecule has 0 heterocycles. The largest absolute Gasteiger partial charge is 0.595 e. The van der Waals surface area contributed by atoms with Gasteiger partial charge in [0.1, 0.15) is 4.33 Å². The zero-order valence-corrected chi connectivity index (χ0v) is 9.42. The van der Waals surface area contributed by atoms with Gasteiger partial charge in [-0.15, -0.1) is 23.2 Å². The number of quaternary nitrogens is 1. The average Bonchev–Trinajstić information content (AvgIpc) is 2.74. The topological polar surface area (TPSA) is 47.7 Å². The van der Waals surface area contributed by atoms with Crippen LogP contribution in [0.2, 0.25) is 0 Å². The van der Waals surface area contributed by atoms with Crippen LogP contribution in [0.4, 0.5) is 5.69 Å². The van der Waals surface area contributed by atoms with Gasteiger partial charge in [0.15, 0.2) is 5.69 Å². The third-order valence-corrected chi connectivity index (χ3v) is 3.60. The minimum Gasteiger partial charge on any atom is -0.595 e. The van der Waals surface area contributed by atoms with Gasteiger partial charge in [0.05, 0.1) is 0 Å². The maximum absolute atomic E-state index is 10.9. The molecular formula is C10H11Cl2NO2. The fourth-order valence-corrected chi connectivity index (χ4v) is 2.19. The van der Waals surface area contributed by atoms with Gasteiger partial charge in [-0.05, 0) is 18.8 Å². The highest BCUT2D eigenvalue weighted by Gasteiger charge is 2.51. The van der Waals surface area contributed by atoms with Crippen LogP contribution in [0.3, 0.4) is 0 Å². The van der Waals surface area contributed by atoms with E-state index < -0.39 is 9.56 Å². The molecule has 1 fully saturated rings. The molecular weight excluding hydrogens is 237 g/mol. The first-order chi connectivity index (χ1) is 7.00. The van der Waals surface area contributed by atoms with Crippen molar-refractivity contribution in [3.8, 4) is 0 Å². The third-order valence-electron chi connectivity index (χ3n) is 2.67. The van der Waals surface area contributed by atoms with Crippen LogP contribution in [0.25, 0.3) is 0 Å². The number of nitrogens with one attached hydrogen (secondary N) is 1. The summed E-state index contributed by atoms with van der Waals surface area (Å²) in [4.78, 5) is 0. The lowest BCUT2D eigenvalue weighted by atomic mass is 10.1. The molecule has 1 aliphatic carbocycles. The molecule has 0 bridgehead atoms. The molecule has 0 spiro atoms. The normalized spacial score (nSPS) is 24.9. The van der Waals surface area contributed by atoms with E-state index in [2.05, 4.69) is 0 Å². The molecule has 1 aromatic rings. The van der Waals surface area contributed by atoms with E-state index in [9.17, 15) is 5.21 Å². The van der Waals surface area contributed by atoms with Crippen LogP contribution >= 0.6 is 23.2 Å². The van der Waals surface area contributed by atoms with E-state index >= 15 is 0 Å². The maximum atomic E-state index is 10.9. The van der Waals surface area contributed by atoms with Crippen LogP contribution < -0.4 is 5.23 Å². The van der Waals surface area contributed by atoms with E-state index in [0.717, 1.165) is 12.0 Å². The monoisotopic (exact) mass is 247 g/mol. The number of hydrogen-bond donors (Lipinski definition) is 2. The summed E-state index contributed by atoms with van der Waals surface area (Å²) in [5.74, 6) is 0.182. The Labute approximate surface area is 97.7 Å². The fraction of sp³-hybridized carbons (Fsp3) is 0.400. The van der Waals surface area contributed by atoms with Crippen LogP contribution in [0.5, 0.6) is 0 Å². The number of hydrogen-bond acceptors (Lipinski definition) is 2. The van der Waals surface area contributed by atoms with Gasteiger partial charge < -0.3 is 5.21 Å². The van der Waals surface area contributed by atoms with Crippen LogP contribution in [0.15, 0.2) is 24.3 Å². The van der Waals surface area contributed by atoms with Crippen molar-refractivity contribution in [2.24, 2.45) is 5.92 Å². The molecule has 0 radical (unpaired) electrons. The van der Waals surface area contributed by atoms with Crippen LogP contribution in [-0.4, -0.2) is 9.54 Å². The van der Waals surface area contributed by atoms with Crippen molar-refractivity contribution in [3.63, 3.8) is 0 Å². The van der Waals surface area contributed by atoms with E-state index in [0.29, 0.717) is 12.1 Å². The molecule has 0 saturated heterocycles. The third kappa shape index (κ3) is 2.44. The van der Waals surface area contributed by atoms with E-state index in [1.807, 2.05) is 12.1 Å². The van der Waals surface area contributed by atoms with E-state index in [-0.39, 0.29) is 5.92 Å². The van der Waals surface area contributed by atoms with Crippen LogP contribution in [-0.2, 0) is 6.42 Å². The van der Waals surface area contributed by atoms with Crippen molar-refractivity contribution in [2.45, 2.75) is 17.2 Å². The molecule has 0 amide bonds. The standard InChI is InChI=1S/C10H11Cl2NO2/c11-10(12)6-8(10)5-7-3-1-2-4-9(7)13(14)15/h1-4,8,13-14H,5-6H2/t8-/m0/s1. The first kappa shape index (κ1) is 11.2. The molecule has 2 atom stereocenters. The molecule has 5 heteroatoms. The molecule has 1 aromatic carbocycles. The first-order valence-corrected chi connectivity index (χ1v) is 5.45. The minimum absolute atomic E-state index is 0.182. The zero-order chi connectivity index (χ0) is 11.1. The predicted octanol–water partition coefficient (Wildman–Crippen LogP) is 1.83. The quantitative estimate of drug-likeness (QED) is 0.633. The molecule has 2 N–H and O–H groups in total. The summed E-state index contributed by atoms with van der Waals surface area (Å²) in [7, 11) is 0. The zero-order valence-electron chi connectivity index (χ0n) is 7.91. The lowest BCUT2D eigenvalue weighted by Crippen LogP contribution is -2.99. The summed E-state index contributed by atoms with van der Waals surface area (Å²) in [6, 6.07) is 6.96. The summed E-state index contributed by atoms with van der Waals surface area (Å²) in [6.45, 7) is 0. The maximum Gasteiger partial charge on any atom is 0.166 e. The minimum atomic E-state index is -0.902. The highest BCUT2D eigenvalue weighted by atomic mass is 35.5. The van der Waals surface area contributed by atoms with E-state index in [1.165, 1.54) is 0 Å². The van der Waals surface area contributed by atoms with Crippen molar-refractivity contribution in [1.82, 2.24) is 0 Å². The van der Waals surface area contributed by atoms with Gasteiger partial charge >= 0.3 is 0 Å². The lowest BCUT2D eigenvalue weighted by molar-refractivity contribution is -0.991. The fourth-order valence-electron chi connectivity index (χ4n) is 1.66. The van der Waals surface area contributed by atoms with Crippen molar-refractivity contribution in [1.29, 1.82) is 0 Å². The summed E-state index contributed by atoms with van der Waals surface area (Å²) < 4.78 is -0.647. The Balaban J connectivity index is 2.14. The van der Waals surface area contributed by atoms with Crippen LogP contribution in [0, 0.1) is 11.1 Å². The van der Waals surface area contributed by atoms with Gasteiger partial charge in [0, 0.05) is 11.6 Å². The highest BCUT2D eigenvalue weighted by molar-refractivity contribution is 6.50. The highest BCUT2D eigenvalue weighted by Crippen LogP contribution is 2.54. The molecule has 0 aliphatic heterocycles. The molecule has 15 heavy (non-hydrogen) atoms. The summed E-state index contributed by atoms with van der Waals surface area (Å²) >= 11 is 11.8. The number of halogens is 2. The summed E-state index contributed by atoms with van der Waals surface area (Å²) in [5.41, 5.74) is 1.15. The van der Waals surface area contributed by atoms with Gasteiger partial charge in [0.25, 0.3) is 0 Å². The Morgan fingerprint density at radius 3 is 2.60 bits per heavy atom. The van der Waals surface area contributed by atoms with Gasteiger partial charge in [-0.2, -0.15) is 5.23 Å². The smallest absolute Gasteiger partial charge is 0.166 e. The Morgan fingerprint density at radius 2 is 2.07 bits per heavy atom. The number of rotatable bonds is 3. The van der Waals surface area contributed by atoms with Crippen LogP contribution in [0.1, 0.15) is 12.0 Å². The van der Waals surface area contributed by atoms with Gasteiger partial charge in [-0.25, -0.2) is 5.21 Å². The molecule has 82 valence electrons. The Kier molecular flexibility index (Phi) is 2.92. The van der Waals surface area contributed by atoms with Crippen molar-refractivity contribution < 1.29 is 10.4 Å². The molecule has 0 aromatic heterocycles. The van der Waals surface area contributed by atoms with Gasteiger partial charge in [-0.1, -0.05) is 18.2 Å². The average molecular weight is 248 g/mol. The second kappa shape index (κ2) is 3.92. The van der Waals surface area contributed by atoms with Crippen molar-refractivity contribution in [3.05, 3.63) is 35.0 Å².